The summed E-state index contributed by atoms with van der Waals surface area (Å²) in [6.07, 6.45) is 5.65. The summed E-state index contributed by atoms with van der Waals surface area (Å²) in [7, 11) is 0. The van der Waals surface area contributed by atoms with Crippen molar-refractivity contribution in [3.8, 4) is 0 Å². The molecule has 3 N–H and O–H groups in total. The van der Waals surface area contributed by atoms with Crippen molar-refractivity contribution in [1.29, 1.82) is 0 Å². The van der Waals surface area contributed by atoms with Gasteiger partial charge in [-0.25, -0.2) is 4.79 Å². The maximum absolute atomic E-state index is 10.8. The van der Waals surface area contributed by atoms with E-state index in [4.69, 9.17) is 23.1 Å². The van der Waals surface area contributed by atoms with Gasteiger partial charge < -0.3 is 15.7 Å². The molecule has 1 aromatic rings. The highest BCUT2D eigenvalue weighted by Crippen LogP contribution is 2.23. The first-order valence-corrected chi connectivity index (χ1v) is 7.37. The van der Waals surface area contributed by atoms with Crippen molar-refractivity contribution < 1.29 is 9.90 Å². The van der Waals surface area contributed by atoms with Gasteiger partial charge in [0.1, 0.15) is 0 Å². The van der Waals surface area contributed by atoms with Gasteiger partial charge in [-0.2, -0.15) is 0 Å². The predicted octanol–water partition coefficient (Wildman–Crippen LogP) is 2.42. The number of carboxylic acid groups (broad SMARTS) is 1. The van der Waals surface area contributed by atoms with Crippen molar-refractivity contribution in [2.24, 2.45) is 5.73 Å². The average molecular weight is 292 g/mol. The minimum Gasteiger partial charge on any atom is -0.478 e. The second kappa shape index (κ2) is 6.70. The fourth-order valence-corrected chi connectivity index (χ4v) is 2.99. The van der Waals surface area contributed by atoms with Gasteiger partial charge in [0.2, 0.25) is 0 Å². The van der Waals surface area contributed by atoms with E-state index in [-0.39, 0.29) is 0 Å². The van der Waals surface area contributed by atoms with Crippen molar-refractivity contribution in [2.75, 3.05) is 6.54 Å². The highest BCUT2D eigenvalue weighted by Gasteiger charge is 2.22. The predicted molar refractivity (Wildman–Crippen MR) is 82.9 cm³/mol. The van der Waals surface area contributed by atoms with Crippen LogP contribution < -0.4 is 5.73 Å². The zero-order valence-electron chi connectivity index (χ0n) is 11.4. The number of benzene rings is 1. The molecular weight excluding hydrogens is 272 g/mol. The number of thiocarbonyl (C=S) groups is 1. The third-order valence-corrected chi connectivity index (χ3v) is 4.13. The lowest BCUT2D eigenvalue weighted by atomic mass is 10.1. The highest BCUT2D eigenvalue weighted by molar-refractivity contribution is 7.80. The first-order chi connectivity index (χ1) is 9.58. The summed E-state index contributed by atoms with van der Waals surface area (Å²) in [6, 6.07) is 7.47. The number of nitrogens with two attached hydrogens (primary N) is 1. The molecule has 2 rings (SSSR count). The molecule has 0 spiro atoms. The van der Waals surface area contributed by atoms with E-state index in [0.717, 1.165) is 31.4 Å². The molecule has 20 heavy (non-hydrogen) atoms. The first-order valence-electron chi connectivity index (χ1n) is 6.96. The Kier molecular flexibility index (Phi) is 4.95. The summed E-state index contributed by atoms with van der Waals surface area (Å²) in [6.45, 7) is 0.798. The maximum atomic E-state index is 10.8. The molecule has 0 radical (unpaired) electrons. The van der Waals surface area contributed by atoms with Crippen LogP contribution in [-0.4, -0.2) is 33.7 Å². The number of carboxylic acids is 1. The molecule has 0 bridgehead atoms. The molecule has 1 aliphatic carbocycles. The molecule has 0 amide bonds. The van der Waals surface area contributed by atoms with Crippen LogP contribution in [0.5, 0.6) is 0 Å². The molecule has 5 heteroatoms. The highest BCUT2D eigenvalue weighted by atomic mass is 32.1. The largest absolute Gasteiger partial charge is 0.478 e. The lowest BCUT2D eigenvalue weighted by Crippen LogP contribution is -2.43. The Morgan fingerprint density at radius 1 is 1.30 bits per heavy atom. The van der Waals surface area contributed by atoms with Crippen LogP contribution in [0.3, 0.4) is 0 Å². The quantitative estimate of drug-likeness (QED) is 0.816. The molecule has 1 aliphatic rings. The average Bonchev–Trinajstić information content (AvgIpc) is 2.93. The molecule has 1 fully saturated rings. The normalized spacial score (nSPS) is 15.2. The Bertz CT molecular complexity index is 481. The molecule has 0 heterocycles. The van der Waals surface area contributed by atoms with Gasteiger partial charge in [0, 0.05) is 12.6 Å². The molecule has 1 aromatic carbocycles. The van der Waals surface area contributed by atoms with Crippen LogP contribution in [0.1, 0.15) is 41.6 Å². The minimum atomic E-state index is -0.896. The molecule has 108 valence electrons. The van der Waals surface area contributed by atoms with Crippen LogP contribution in [0, 0.1) is 0 Å². The topological polar surface area (TPSA) is 66.6 Å². The van der Waals surface area contributed by atoms with Crippen LogP contribution in [0.25, 0.3) is 0 Å². The fourth-order valence-electron chi connectivity index (χ4n) is 2.75. The Morgan fingerprint density at radius 3 is 2.40 bits per heavy atom. The monoisotopic (exact) mass is 292 g/mol. The lowest BCUT2D eigenvalue weighted by molar-refractivity contribution is 0.0697. The lowest BCUT2D eigenvalue weighted by Gasteiger charge is -2.29. The number of hydrogen-bond acceptors (Lipinski definition) is 2. The van der Waals surface area contributed by atoms with Crippen molar-refractivity contribution in [1.82, 2.24) is 4.90 Å². The fraction of sp³-hybridized carbons (Fsp3) is 0.467. The third kappa shape index (κ3) is 3.70. The van der Waals surface area contributed by atoms with E-state index in [9.17, 15) is 4.79 Å². The minimum absolute atomic E-state index is 0.316. The Morgan fingerprint density at radius 2 is 1.90 bits per heavy atom. The third-order valence-electron chi connectivity index (χ3n) is 3.89. The Hall–Kier alpha value is -1.62. The van der Waals surface area contributed by atoms with E-state index in [2.05, 4.69) is 4.90 Å². The van der Waals surface area contributed by atoms with E-state index in [1.807, 2.05) is 12.1 Å². The van der Waals surface area contributed by atoms with E-state index in [1.165, 1.54) is 12.8 Å². The van der Waals surface area contributed by atoms with Gasteiger partial charge in [-0.15, -0.1) is 0 Å². The molecule has 0 aromatic heterocycles. The van der Waals surface area contributed by atoms with Gasteiger partial charge in [0.05, 0.1) is 5.56 Å². The van der Waals surface area contributed by atoms with Gasteiger partial charge in [-0.1, -0.05) is 25.0 Å². The summed E-state index contributed by atoms with van der Waals surface area (Å²) in [5, 5.41) is 9.34. The molecule has 0 saturated heterocycles. The molecule has 0 aliphatic heterocycles. The van der Waals surface area contributed by atoms with Gasteiger partial charge in [0.15, 0.2) is 5.11 Å². The van der Waals surface area contributed by atoms with Crippen molar-refractivity contribution in [2.45, 2.75) is 38.1 Å². The SMILES string of the molecule is NC(=S)N(CCc1ccc(C(=O)O)cc1)C1CCCC1. The molecule has 0 atom stereocenters. The standard InChI is InChI=1S/C15H20N2O2S/c16-15(20)17(13-3-1-2-4-13)10-9-11-5-7-12(8-6-11)14(18)19/h5-8,13H,1-4,9-10H2,(H2,16,20)(H,18,19). The van der Waals surface area contributed by atoms with Crippen LogP contribution in [0.2, 0.25) is 0 Å². The van der Waals surface area contributed by atoms with E-state index in [0.29, 0.717) is 16.7 Å². The van der Waals surface area contributed by atoms with Crippen LogP contribution in [0.4, 0.5) is 0 Å². The Labute approximate surface area is 124 Å². The summed E-state index contributed by atoms with van der Waals surface area (Å²) in [5.41, 5.74) is 7.25. The van der Waals surface area contributed by atoms with E-state index in [1.54, 1.807) is 12.1 Å². The number of carbonyl (C=O) groups is 1. The smallest absolute Gasteiger partial charge is 0.335 e. The van der Waals surface area contributed by atoms with E-state index < -0.39 is 5.97 Å². The van der Waals surface area contributed by atoms with Crippen molar-refractivity contribution in [3.63, 3.8) is 0 Å². The molecular formula is C15H20N2O2S. The van der Waals surface area contributed by atoms with Gasteiger partial charge in [-0.3, -0.25) is 0 Å². The van der Waals surface area contributed by atoms with Crippen LogP contribution >= 0.6 is 12.2 Å². The summed E-state index contributed by atoms with van der Waals surface area (Å²) < 4.78 is 0. The number of rotatable bonds is 5. The van der Waals surface area contributed by atoms with Gasteiger partial charge in [0.25, 0.3) is 0 Å². The van der Waals surface area contributed by atoms with Crippen molar-refractivity contribution in [3.05, 3.63) is 35.4 Å². The summed E-state index contributed by atoms with van der Waals surface area (Å²) in [5.74, 6) is -0.896. The first kappa shape index (κ1) is 14.8. The number of hydrogen-bond donors (Lipinski definition) is 2. The second-order valence-corrected chi connectivity index (χ2v) is 5.64. The van der Waals surface area contributed by atoms with Crippen molar-refractivity contribution >= 4 is 23.3 Å². The molecule has 1 saturated carbocycles. The Balaban J connectivity index is 1.94. The van der Waals surface area contributed by atoms with Crippen LogP contribution in [0.15, 0.2) is 24.3 Å². The molecule has 0 unspecified atom stereocenters. The van der Waals surface area contributed by atoms with E-state index >= 15 is 0 Å². The maximum Gasteiger partial charge on any atom is 0.335 e. The number of aromatic carboxylic acids is 1. The zero-order valence-corrected chi connectivity index (χ0v) is 12.2. The van der Waals surface area contributed by atoms with Gasteiger partial charge in [-0.05, 0) is 49.2 Å². The molecule has 4 nitrogen and oxygen atoms in total. The van der Waals surface area contributed by atoms with Crippen LogP contribution in [-0.2, 0) is 6.42 Å². The van der Waals surface area contributed by atoms with Gasteiger partial charge >= 0.3 is 5.97 Å². The number of nitrogens with zero attached hydrogens (tertiary/aromatic N) is 1. The zero-order chi connectivity index (χ0) is 14.5. The summed E-state index contributed by atoms with van der Waals surface area (Å²) >= 11 is 5.15. The summed E-state index contributed by atoms with van der Waals surface area (Å²) in [4.78, 5) is 12.9. The second-order valence-electron chi connectivity index (χ2n) is 5.22.